The first-order valence-corrected chi connectivity index (χ1v) is 7.10. The molecule has 3 aromatic rings. The highest BCUT2D eigenvalue weighted by atomic mass is 16.3. The zero-order valence-corrected chi connectivity index (χ0v) is 11.8. The Balaban J connectivity index is 1.64. The Morgan fingerprint density at radius 3 is 2.48 bits per heavy atom. The summed E-state index contributed by atoms with van der Waals surface area (Å²) in [5.74, 6) is 0. The molecule has 0 aliphatic carbocycles. The monoisotopic (exact) mass is 273 g/mol. The van der Waals surface area contributed by atoms with Crippen LogP contribution in [0.25, 0.3) is 11.1 Å². The molecule has 0 N–H and O–H groups in total. The van der Waals surface area contributed by atoms with Gasteiger partial charge in [-0.1, -0.05) is 42.0 Å². The summed E-state index contributed by atoms with van der Waals surface area (Å²) in [4.78, 5) is 4.75. The fourth-order valence-electron chi connectivity index (χ4n) is 2.78. The first kappa shape index (κ1) is 12.2. The maximum absolute atomic E-state index is 5.13. The third-order valence-electron chi connectivity index (χ3n) is 3.92. The van der Waals surface area contributed by atoms with Crippen LogP contribution in [-0.2, 0) is 6.42 Å². The van der Waals surface area contributed by atoms with Gasteiger partial charge in [-0.05, 0) is 35.7 Å². The molecule has 0 amide bonds. The van der Waals surface area contributed by atoms with E-state index in [1.165, 1.54) is 22.3 Å². The summed E-state index contributed by atoms with van der Waals surface area (Å²) in [5, 5.41) is 0. The number of furan rings is 1. The molecule has 4 rings (SSSR count). The second-order valence-corrected chi connectivity index (χ2v) is 5.46. The van der Waals surface area contributed by atoms with E-state index in [0.717, 1.165) is 23.4 Å². The summed E-state index contributed by atoms with van der Waals surface area (Å²) < 4.78 is 5.13. The Morgan fingerprint density at radius 2 is 1.71 bits per heavy atom. The van der Waals surface area contributed by atoms with Crippen molar-refractivity contribution in [1.29, 1.82) is 0 Å². The lowest BCUT2D eigenvalue weighted by Crippen LogP contribution is -1.99. The lowest BCUT2D eigenvalue weighted by atomic mass is 10.0. The maximum atomic E-state index is 5.13. The molecule has 2 heteroatoms. The van der Waals surface area contributed by atoms with Crippen LogP contribution < -0.4 is 0 Å². The molecule has 102 valence electrons. The fourth-order valence-corrected chi connectivity index (χ4v) is 2.78. The standard InChI is InChI=1S/C19H15NO/c1-13-2-7-18-17(10-13)11-19(20-18)15-5-3-14(4-6-15)16-8-9-21-12-16/h2-10,12H,11H2,1H3. The molecule has 0 saturated heterocycles. The van der Waals surface area contributed by atoms with Gasteiger partial charge in [0.15, 0.2) is 0 Å². The Kier molecular flexibility index (Phi) is 2.74. The van der Waals surface area contributed by atoms with E-state index in [4.69, 9.17) is 9.41 Å². The van der Waals surface area contributed by atoms with E-state index >= 15 is 0 Å². The molecule has 1 aromatic heterocycles. The highest BCUT2D eigenvalue weighted by molar-refractivity contribution is 6.06. The van der Waals surface area contributed by atoms with Gasteiger partial charge in [-0.2, -0.15) is 0 Å². The van der Waals surface area contributed by atoms with Gasteiger partial charge in [0.25, 0.3) is 0 Å². The highest BCUT2D eigenvalue weighted by Crippen LogP contribution is 2.30. The SMILES string of the molecule is Cc1ccc2c(c1)CC(c1ccc(-c3ccoc3)cc1)=N2. The Bertz CT molecular complexity index is 811. The van der Waals surface area contributed by atoms with Gasteiger partial charge in [0, 0.05) is 12.0 Å². The van der Waals surface area contributed by atoms with Gasteiger partial charge in [0.2, 0.25) is 0 Å². The molecule has 0 unspecified atom stereocenters. The summed E-state index contributed by atoms with van der Waals surface area (Å²) in [6, 6.07) is 16.9. The summed E-state index contributed by atoms with van der Waals surface area (Å²) in [6.07, 6.45) is 4.38. The minimum atomic E-state index is 0.919. The van der Waals surface area contributed by atoms with Crippen molar-refractivity contribution in [2.75, 3.05) is 0 Å². The smallest absolute Gasteiger partial charge is 0.0980 e. The zero-order chi connectivity index (χ0) is 14.2. The molecule has 2 aromatic carbocycles. The van der Waals surface area contributed by atoms with Crippen LogP contribution in [-0.4, -0.2) is 5.71 Å². The molecular weight excluding hydrogens is 258 g/mol. The number of aliphatic imine (C=N–C) groups is 1. The fraction of sp³-hybridized carbons (Fsp3) is 0.105. The highest BCUT2D eigenvalue weighted by Gasteiger charge is 2.16. The first-order valence-electron chi connectivity index (χ1n) is 7.10. The number of fused-ring (bicyclic) bond motifs is 1. The van der Waals surface area contributed by atoms with Gasteiger partial charge in [-0.25, -0.2) is 0 Å². The number of hydrogen-bond acceptors (Lipinski definition) is 2. The summed E-state index contributed by atoms with van der Waals surface area (Å²) >= 11 is 0. The van der Waals surface area contributed by atoms with E-state index in [1.54, 1.807) is 12.5 Å². The van der Waals surface area contributed by atoms with E-state index in [1.807, 2.05) is 6.07 Å². The number of aryl methyl sites for hydroxylation is 1. The number of hydrogen-bond donors (Lipinski definition) is 0. The van der Waals surface area contributed by atoms with Crippen molar-refractivity contribution in [1.82, 2.24) is 0 Å². The lowest BCUT2D eigenvalue weighted by molar-refractivity contribution is 0.568. The van der Waals surface area contributed by atoms with Gasteiger partial charge >= 0.3 is 0 Å². The van der Waals surface area contributed by atoms with Crippen LogP contribution in [0, 0.1) is 6.92 Å². The second kappa shape index (κ2) is 4.74. The predicted molar refractivity (Wildman–Crippen MR) is 85.2 cm³/mol. The van der Waals surface area contributed by atoms with Crippen molar-refractivity contribution < 1.29 is 4.42 Å². The molecule has 0 atom stereocenters. The van der Waals surface area contributed by atoms with Crippen LogP contribution in [0.2, 0.25) is 0 Å². The van der Waals surface area contributed by atoms with Crippen LogP contribution in [0.1, 0.15) is 16.7 Å². The quantitative estimate of drug-likeness (QED) is 0.649. The normalized spacial score (nSPS) is 13.1. The van der Waals surface area contributed by atoms with Crippen LogP contribution in [0.15, 0.2) is 70.5 Å². The number of rotatable bonds is 2. The topological polar surface area (TPSA) is 25.5 Å². The first-order chi connectivity index (χ1) is 10.3. The molecule has 21 heavy (non-hydrogen) atoms. The summed E-state index contributed by atoms with van der Waals surface area (Å²) in [5.41, 5.74) is 8.33. The zero-order valence-electron chi connectivity index (χ0n) is 11.8. The molecule has 0 spiro atoms. The van der Waals surface area contributed by atoms with Crippen molar-refractivity contribution in [2.24, 2.45) is 4.99 Å². The van der Waals surface area contributed by atoms with Crippen molar-refractivity contribution in [3.05, 3.63) is 77.7 Å². The van der Waals surface area contributed by atoms with Gasteiger partial charge in [0.05, 0.1) is 23.9 Å². The van der Waals surface area contributed by atoms with Gasteiger partial charge in [0.1, 0.15) is 0 Å². The van der Waals surface area contributed by atoms with Crippen molar-refractivity contribution in [3.8, 4) is 11.1 Å². The number of benzene rings is 2. The third-order valence-corrected chi connectivity index (χ3v) is 3.92. The predicted octanol–water partition coefficient (Wildman–Crippen LogP) is 4.93. The largest absolute Gasteiger partial charge is 0.472 e. The molecule has 1 aliphatic heterocycles. The molecule has 1 aliphatic rings. The third kappa shape index (κ3) is 2.19. The van der Waals surface area contributed by atoms with E-state index in [9.17, 15) is 0 Å². The molecular formula is C19H15NO. The van der Waals surface area contributed by atoms with E-state index < -0.39 is 0 Å². The Labute approximate surface area is 123 Å². The van der Waals surface area contributed by atoms with Crippen molar-refractivity contribution in [2.45, 2.75) is 13.3 Å². The minimum absolute atomic E-state index is 0.919. The Hall–Kier alpha value is -2.61. The molecule has 0 saturated carbocycles. The summed E-state index contributed by atoms with van der Waals surface area (Å²) in [7, 11) is 0. The molecule has 0 fully saturated rings. The minimum Gasteiger partial charge on any atom is -0.472 e. The van der Waals surface area contributed by atoms with E-state index in [2.05, 4.69) is 49.4 Å². The van der Waals surface area contributed by atoms with Crippen molar-refractivity contribution >= 4 is 11.4 Å². The molecule has 2 heterocycles. The van der Waals surface area contributed by atoms with Gasteiger partial charge < -0.3 is 4.42 Å². The average Bonchev–Trinajstić information content (AvgIpc) is 3.16. The lowest BCUT2D eigenvalue weighted by Gasteiger charge is -2.02. The second-order valence-electron chi connectivity index (χ2n) is 5.46. The van der Waals surface area contributed by atoms with Crippen LogP contribution >= 0.6 is 0 Å². The van der Waals surface area contributed by atoms with E-state index in [-0.39, 0.29) is 0 Å². The average molecular weight is 273 g/mol. The number of nitrogens with zero attached hydrogens (tertiary/aromatic N) is 1. The Morgan fingerprint density at radius 1 is 0.905 bits per heavy atom. The van der Waals surface area contributed by atoms with Crippen LogP contribution in [0.3, 0.4) is 0 Å². The van der Waals surface area contributed by atoms with E-state index in [0.29, 0.717) is 0 Å². The van der Waals surface area contributed by atoms with Gasteiger partial charge in [-0.3, -0.25) is 4.99 Å². The molecule has 0 bridgehead atoms. The molecule has 2 nitrogen and oxygen atoms in total. The van der Waals surface area contributed by atoms with Crippen molar-refractivity contribution in [3.63, 3.8) is 0 Å². The summed E-state index contributed by atoms with van der Waals surface area (Å²) in [6.45, 7) is 2.12. The molecule has 0 radical (unpaired) electrons. The van der Waals surface area contributed by atoms with Crippen LogP contribution in [0.4, 0.5) is 5.69 Å². The van der Waals surface area contributed by atoms with Gasteiger partial charge in [-0.15, -0.1) is 0 Å². The van der Waals surface area contributed by atoms with Crippen LogP contribution in [0.5, 0.6) is 0 Å². The maximum Gasteiger partial charge on any atom is 0.0980 e.